The van der Waals surface area contributed by atoms with Crippen molar-refractivity contribution < 1.29 is 23.8 Å². The second-order valence-corrected chi connectivity index (χ2v) is 6.09. The van der Waals surface area contributed by atoms with E-state index in [1.54, 1.807) is 31.4 Å². The van der Waals surface area contributed by atoms with Gasteiger partial charge in [0, 0.05) is 11.6 Å². The van der Waals surface area contributed by atoms with Crippen LogP contribution in [0.1, 0.15) is 16.7 Å². The van der Waals surface area contributed by atoms with Crippen LogP contribution in [-0.2, 0) is 9.59 Å². The molecule has 0 saturated carbocycles. The van der Waals surface area contributed by atoms with Gasteiger partial charge in [-0.25, -0.2) is 0 Å². The number of hydrazine groups is 1. The molecular weight excluding hydrogens is 360 g/mol. The maximum Gasteiger partial charge on any atom is 0.276 e. The Balaban J connectivity index is 1.84. The van der Waals surface area contributed by atoms with E-state index in [1.807, 2.05) is 32.0 Å². The Morgan fingerprint density at radius 3 is 2.29 bits per heavy atom. The normalized spacial score (nSPS) is 10.4. The van der Waals surface area contributed by atoms with E-state index in [2.05, 4.69) is 10.9 Å². The standard InChI is InChI=1S/C21H24N2O5/c1-14-9-15(2)11-18(10-14)28-13-21(25)23-22-20(24)8-5-16-12-17(26-3)6-7-19(16)27-4/h5-12H,13H2,1-4H3,(H,22,24)(H,23,25)/b8-5+. The summed E-state index contributed by atoms with van der Waals surface area (Å²) in [6.07, 6.45) is 2.84. The zero-order valence-electron chi connectivity index (χ0n) is 16.4. The molecule has 0 aliphatic carbocycles. The number of carbonyl (C=O) groups excluding carboxylic acids is 2. The van der Waals surface area contributed by atoms with Gasteiger partial charge in [0.2, 0.25) is 0 Å². The maximum absolute atomic E-state index is 11.9. The van der Waals surface area contributed by atoms with Crippen LogP contribution >= 0.6 is 0 Å². The van der Waals surface area contributed by atoms with E-state index in [1.165, 1.54) is 13.2 Å². The molecule has 0 bridgehead atoms. The lowest BCUT2D eigenvalue weighted by Crippen LogP contribution is -2.43. The lowest BCUT2D eigenvalue weighted by molar-refractivity contribution is -0.128. The van der Waals surface area contributed by atoms with E-state index in [0.717, 1.165) is 11.1 Å². The van der Waals surface area contributed by atoms with Gasteiger partial charge >= 0.3 is 0 Å². The highest BCUT2D eigenvalue weighted by atomic mass is 16.5. The van der Waals surface area contributed by atoms with Crippen molar-refractivity contribution in [3.8, 4) is 17.2 Å². The van der Waals surface area contributed by atoms with Gasteiger partial charge in [0.05, 0.1) is 14.2 Å². The molecule has 2 N–H and O–H groups in total. The Hall–Kier alpha value is -3.48. The first-order valence-electron chi connectivity index (χ1n) is 8.61. The lowest BCUT2D eigenvalue weighted by Gasteiger charge is -2.09. The molecule has 0 atom stereocenters. The number of hydrogen-bond acceptors (Lipinski definition) is 5. The first-order chi connectivity index (χ1) is 13.4. The number of carbonyl (C=O) groups is 2. The fourth-order valence-corrected chi connectivity index (χ4v) is 2.51. The summed E-state index contributed by atoms with van der Waals surface area (Å²) in [6.45, 7) is 3.68. The van der Waals surface area contributed by atoms with E-state index in [-0.39, 0.29) is 6.61 Å². The van der Waals surface area contributed by atoms with Crippen LogP contribution < -0.4 is 25.1 Å². The first-order valence-corrected chi connectivity index (χ1v) is 8.61. The van der Waals surface area contributed by atoms with Crippen molar-refractivity contribution in [2.75, 3.05) is 20.8 Å². The van der Waals surface area contributed by atoms with E-state index in [0.29, 0.717) is 22.8 Å². The van der Waals surface area contributed by atoms with Crippen LogP contribution in [0.4, 0.5) is 0 Å². The molecule has 2 rings (SSSR count). The van der Waals surface area contributed by atoms with Crippen molar-refractivity contribution in [2.45, 2.75) is 13.8 Å². The zero-order chi connectivity index (χ0) is 20.5. The van der Waals surface area contributed by atoms with Crippen LogP contribution in [0.25, 0.3) is 6.08 Å². The van der Waals surface area contributed by atoms with Gasteiger partial charge in [-0.1, -0.05) is 6.07 Å². The van der Waals surface area contributed by atoms with Crippen molar-refractivity contribution in [2.24, 2.45) is 0 Å². The minimum Gasteiger partial charge on any atom is -0.497 e. The molecule has 0 unspecified atom stereocenters. The molecule has 0 saturated heterocycles. The molecule has 0 aliphatic heterocycles. The maximum atomic E-state index is 11.9. The quantitative estimate of drug-likeness (QED) is 0.566. The minimum atomic E-state index is -0.496. The predicted octanol–water partition coefficient (Wildman–Crippen LogP) is 2.56. The number of benzene rings is 2. The molecular formula is C21H24N2O5. The average Bonchev–Trinajstić information content (AvgIpc) is 2.68. The molecule has 0 radical (unpaired) electrons. The van der Waals surface area contributed by atoms with E-state index in [4.69, 9.17) is 14.2 Å². The molecule has 0 spiro atoms. The van der Waals surface area contributed by atoms with E-state index >= 15 is 0 Å². The molecule has 7 nitrogen and oxygen atoms in total. The molecule has 7 heteroatoms. The van der Waals surface area contributed by atoms with Crippen molar-refractivity contribution in [1.82, 2.24) is 10.9 Å². The van der Waals surface area contributed by atoms with E-state index in [9.17, 15) is 9.59 Å². The molecule has 0 aliphatic rings. The smallest absolute Gasteiger partial charge is 0.276 e. The number of hydrogen-bond donors (Lipinski definition) is 2. The first kappa shape index (κ1) is 20.8. The van der Waals surface area contributed by atoms with Crippen LogP contribution in [0.3, 0.4) is 0 Å². The van der Waals surface area contributed by atoms with Gasteiger partial charge in [-0.2, -0.15) is 0 Å². The molecule has 2 aromatic carbocycles. The van der Waals surface area contributed by atoms with Gasteiger partial charge in [0.15, 0.2) is 6.61 Å². The summed E-state index contributed by atoms with van der Waals surface area (Å²) in [4.78, 5) is 23.8. The monoisotopic (exact) mass is 384 g/mol. The van der Waals surface area contributed by atoms with Crippen molar-refractivity contribution in [3.05, 3.63) is 59.2 Å². The van der Waals surface area contributed by atoms with Gasteiger partial charge in [0.25, 0.3) is 11.8 Å². The predicted molar refractivity (Wildman–Crippen MR) is 106 cm³/mol. The summed E-state index contributed by atoms with van der Waals surface area (Å²) in [5.41, 5.74) is 7.35. The van der Waals surface area contributed by atoms with Crippen molar-refractivity contribution >= 4 is 17.9 Å². The molecule has 2 aromatic rings. The number of nitrogens with one attached hydrogen (secondary N) is 2. The summed E-state index contributed by atoms with van der Waals surface area (Å²) in [5, 5.41) is 0. The second kappa shape index (κ2) is 10.0. The van der Waals surface area contributed by atoms with Crippen molar-refractivity contribution in [1.29, 1.82) is 0 Å². The SMILES string of the molecule is COc1ccc(OC)c(/C=C/C(=O)NNC(=O)COc2cc(C)cc(C)c2)c1. The summed E-state index contributed by atoms with van der Waals surface area (Å²) in [6, 6.07) is 10.9. The third-order valence-corrected chi connectivity index (χ3v) is 3.74. The van der Waals surface area contributed by atoms with Gasteiger partial charge < -0.3 is 14.2 Å². The Bertz CT molecular complexity index is 857. The van der Waals surface area contributed by atoms with Gasteiger partial charge in [0.1, 0.15) is 17.2 Å². The Morgan fingerprint density at radius 2 is 1.64 bits per heavy atom. The lowest BCUT2D eigenvalue weighted by atomic mass is 10.1. The molecule has 2 amide bonds. The number of ether oxygens (including phenoxy) is 3. The van der Waals surface area contributed by atoms with Gasteiger partial charge in [-0.3, -0.25) is 20.4 Å². The fourth-order valence-electron chi connectivity index (χ4n) is 2.51. The molecule has 0 heterocycles. The zero-order valence-corrected chi connectivity index (χ0v) is 16.4. The molecule has 0 fully saturated rings. The average molecular weight is 384 g/mol. The Kier molecular flexibility index (Phi) is 7.45. The minimum absolute atomic E-state index is 0.212. The second-order valence-electron chi connectivity index (χ2n) is 6.09. The number of aryl methyl sites for hydroxylation is 2. The highest BCUT2D eigenvalue weighted by molar-refractivity contribution is 5.93. The summed E-state index contributed by atoms with van der Waals surface area (Å²) in [5.74, 6) is 0.863. The molecule has 0 aromatic heterocycles. The Morgan fingerprint density at radius 1 is 0.929 bits per heavy atom. The molecule has 28 heavy (non-hydrogen) atoms. The van der Waals surface area contributed by atoms with Crippen LogP contribution in [0.2, 0.25) is 0 Å². The van der Waals surface area contributed by atoms with Crippen LogP contribution in [-0.4, -0.2) is 32.6 Å². The Labute approximate surface area is 164 Å². The topological polar surface area (TPSA) is 85.9 Å². The van der Waals surface area contributed by atoms with E-state index < -0.39 is 11.8 Å². The third-order valence-electron chi connectivity index (χ3n) is 3.74. The summed E-state index contributed by atoms with van der Waals surface area (Å²) < 4.78 is 15.8. The molecule has 148 valence electrons. The van der Waals surface area contributed by atoms with Crippen LogP contribution in [0.15, 0.2) is 42.5 Å². The largest absolute Gasteiger partial charge is 0.497 e. The van der Waals surface area contributed by atoms with Crippen molar-refractivity contribution in [3.63, 3.8) is 0 Å². The highest BCUT2D eigenvalue weighted by Crippen LogP contribution is 2.25. The fraction of sp³-hybridized carbons (Fsp3) is 0.238. The van der Waals surface area contributed by atoms with Crippen LogP contribution in [0.5, 0.6) is 17.2 Å². The van der Waals surface area contributed by atoms with Gasteiger partial charge in [-0.15, -0.1) is 0 Å². The summed E-state index contributed by atoms with van der Waals surface area (Å²) >= 11 is 0. The van der Waals surface area contributed by atoms with Crippen LogP contribution in [0, 0.1) is 13.8 Å². The number of rotatable bonds is 7. The highest BCUT2D eigenvalue weighted by Gasteiger charge is 2.06. The third kappa shape index (κ3) is 6.35. The summed E-state index contributed by atoms with van der Waals surface area (Å²) in [7, 11) is 3.09. The number of amides is 2. The van der Waals surface area contributed by atoms with Gasteiger partial charge in [-0.05, 0) is 61.4 Å². The number of methoxy groups -OCH3 is 2.